The Labute approximate surface area is 188 Å². The van der Waals surface area contributed by atoms with Crippen LogP contribution in [0.3, 0.4) is 0 Å². The van der Waals surface area contributed by atoms with Gasteiger partial charge in [-0.15, -0.1) is 0 Å². The molecule has 1 aliphatic carbocycles. The number of nitrogens with zero attached hydrogens (tertiary/aromatic N) is 3. The number of hydrogen-bond acceptors (Lipinski definition) is 4. The maximum Gasteiger partial charge on any atom is 0.277 e. The molecule has 1 saturated carbocycles. The number of nitrogens with one attached hydrogen (secondary N) is 1. The van der Waals surface area contributed by atoms with Gasteiger partial charge in [-0.25, -0.2) is 0 Å². The smallest absolute Gasteiger partial charge is 0.277 e. The predicted octanol–water partition coefficient (Wildman–Crippen LogP) is 4.62. The molecule has 2 aromatic heterocycles. The van der Waals surface area contributed by atoms with Crippen LogP contribution in [0.25, 0.3) is 0 Å². The number of rotatable bonds is 6. The van der Waals surface area contributed by atoms with Crippen LogP contribution in [0, 0.1) is 6.92 Å². The Bertz CT molecular complexity index is 1050. The first kappa shape index (κ1) is 21.7. The van der Waals surface area contributed by atoms with E-state index in [0.717, 1.165) is 36.8 Å². The molecule has 164 valence electrons. The second kappa shape index (κ2) is 10.2. The zero-order valence-electron chi connectivity index (χ0n) is 18.3. The lowest BCUT2D eigenvalue weighted by Crippen LogP contribution is -2.47. The Kier molecular flexibility index (Phi) is 6.90. The van der Waals surface area contributed by atoms with Gasteiger partial charge in [0, 0.05) is 18.4 Å². The second-order valence-electron chi connectivity index (χ2n) is 8.20. The minimum absolute atomic E-state index is 0.128. The van der Waals surface area contributed by atoms with Gasteiger partial charge < -0.3 is 5.32 Å². The summed E-state index contributed by atoms with van der Waals surface area (Å²) < 4.78 is 0. The third-order valence-corrected chi connectivity index (χ3v) is 5.97. The molecule has 6 nitrogen and oxygen atoms in total. The molecule has 0 saturated heterocycles. The number of carbonyl (C=O) groups excluding carboxylic acids is 2. The monoisotopic (exact) mass is 428 g/mol. The molecule has 1 fully saturated rings. The van der Waals surface area contributed by atoms with Crippen molar-refractivity contribution in [1.82, 2.24) is 15.3 Å². The van der Waals surface area contributed by atoms with E-state index in [1.165, 1.54) is 11.3 Å². The Hall–Kier alpha value is -3.54. The van der Waals surface area contributed by atoms with Gasteiger partial charge in [-0.2, -0.15) is 0 Å². The quantitative estimate of drug-likeness (QED) is 0.622. The average Bonchev–Trinajstić information content (AvgIpc) is 2.84. The summed E-state index contributed by atoms with van der Waals surface area (Å²) >= 11 is 0. The lowest BCUT2D eigenvalue weighted by molar-refractivity contribution is -0.123. The van der Waals surface area contributed by atoms with E-state index in [9.17, 15) is 9.59 Å². The predicted molar refractivity (Wildman–Crippen MR) is 124 cm³/mol. The van der Waals surface area contributed by atoms with Crippen LogP contribution < -0.4 is 10.2 Å². The summed E-state index contributed by atoms with van der Waals surface area (Å²) in [6, 6.07) is 15.8. The highest BCUT2D eigenvalue weighted by atomic mass is 16.2. The van der Waals surface area contributed by atoms with Crippen molar-refractivity contribution < 1.29 is 9.59 Å². The number of hydrogen-bond donors (Lipinski definition) is 1. The average molecular weight is 429 g/mol. The first-order valence-electron chi connectivity index (χ1n) is 11.2. The van der Waals surface area contributed by atoms with Crippen LogP contribution in [-0.4, -0.2) is 27.8 Å². The summed E-state index contributed by atoms with van der Waals surface area (Å²) in [5.41, 5.74) is 2.56. The fourth-order valence-corrected chi connectivity index (χ4v) is 4.31. The van der Waals surface area contributed by atoms with E-state index in [2.05, 4.69) is 15.3 Å². The summed E-state index contributed by atoms with van der Waals surface area (Å²) in [6.07, 6.45) is 10.2. The van der Waals surface area contributed by atoms with E-state index in [-0.39, 0.29) is 23.6 Å². The van der Waals surface area contributed by atoms with Crippen molar-refractivity contribution in [2.45, 2.75) is 51.1 Å². The van der Waals surface area contributed by atoms with E-state index in [4.69, 9.17) is 0 Å². The number of aryl methyl sites for hydroxylation is 1. The van der Waals surface area contributed by atoms with Gasteiger partial charge in [0.05, 0.1) is 11.9 Å². The topological polar surface area (TPSA) is 75.2 Å². The van der Waals surface area contributed by atoms with Crippen molar-refractivity contribution in [3.05, 3.63) is 90.0 Å². The molecule has 1 aliphatic rings. The summed E-state index contributed by atoms with van der Waals surface area (Å²) in [6.45, 7) is 1.96. The summed E-state index contributed by atoms with van der Waals surface area (Å²) in [5.74, 6) is -0.523. The number of carbonyl (C=O) groups is 2. The van der Waals surface area contributed by atoms with Crippen LogP contribution >= 0.6 is 0 Å². The summed E-state index contributed by atoms with van der Waals surface area (Å²) in [7, 11) is 0. The van der Waals surface area contributed by atoms with E-state index < -0.39 is 6.04 Å². The molecule has 2 amide bonds. The maximum atomic E-state index is 13.8. The van der Waals surface area contributed by atoms with Crippen LogP contribution in [0.5, 0.6) is 0 Å². The van der Waals surface area contributed by atoms with Gasteiger partial charge in [0.2, 0.25) is 5.91 Å². The Morgan fingerprint density at radius 2 is 1.75 bits per heavy atom. The van der Waals surface area contributed by atoms with Gasteiger partial charge in [0.25, 0.3) is 5.91 Å². The zero-order chi connectivity index (χ0) is 22.3. The van der Waals surface area contributed by atoms with Crippen LogP contribution in [0.4, 0.5) is 5.69 Å². The van der Waals surface area contributed by atoms with Gasteiger partial charge in [0.1, 0.15) is 11.7 Å². The van der Waals surface area contributed by atoms with Crippen LogP contribution in [-0.2, 0) is 4.79 Å². The minimum atomic E-state index is -0.836. The fourth-order valence-electron chi connectivity index (χ4n) is 4.31. The summed E-state index contributed by atoms with van der Waals surface area (Å²) in [5, 5.41) is 3.23. The van der Waals surface area contributed by atoms with Gasteiger partial charge in [0.15, 0.2) is 0 Å². The highest BCUT2D eigenvalue weighted by Gasteiger charge is 2.35. The van der Waals surface area contributed by atoms with Gasteiger partial charge in [-0.3, -0.25) is 24.5 Å². The molecule has 1 atom stereocenters. The first-order valence-corrected chi connectivity index (χ1v) is 11.2. The van der Waals surface area contributed by atoms with Gasteiger partial charge in [-0.05, 0) is 55.2 Å². The van der Waals surface area contributed by atoms with Gasteiger partial charge >= 0.3 is 0 Å². The number of amides is 2. The number of pyridine rings is 2. The van der Waals surface area contributed by atoms with E-state index >= 15 is 0 Å². The molecule has 2 heterocycles. The van der Waals surface area contributed by atoms with E-state index in [0.29, 0.717) is 5.69 Å². The van der Waals surface area contributed by atoms with Crippen LogP contribution in [0.1, 0.15) is 59.8 Å². The van der Waals surface area contributed by atoms with Crippen molar-refractivity contribution in [3.8, 4) is 0 Å². The van der Waals surface area contributed by atoms with Crippen molar-refractivity contribution in [2.75, 3.05) is 4.90 Å². The molecule has 32 heavy (non-hydrogen) atoms. The number of aromatic nitrogens is 2. The molecule has 0 radical (unpaired) electrons. The molecular weight excluding hydrogens is 400 g/mol. The third kappa shape index (κ3) is 4.85. The lowest BCUT2D eigenvalue weighted by Gasteiger charge is -2.33. The van der Waals surface area contributed by atoms with Crippen LogP contribution in [0.15, 0.2) is 73.2 Å². The minimum Gasteiger partial charge on any atom is -0.351 e. The normalized spacial score (nSPS) is 15.0. The molecule has 3 aromatic rings. The van der Waals surface area contributed by atoms with Crippen molar-refractivity contribution >= 4 is 17.5 Å². The van der Waals surface area contributed by atoms with Crippen molar-refractivity contribution in [1.29, 1.82) is 0 Å². The Morgan fingerprint density at radius 3 is 2.44 bits per heavy atom. The molecule has 1 N–H and O–H groups in total. The second-order valence-corrected chi connectivity index (χ2v) is 8.20. The molecule has 0 spiro atoms. The zero-order valence-corrected chi connectivity index (χ0v) is 18.3. The van der Waals surface area contributed by atoms with E-state index in [1.807, 2.05) is 31.2 Å². The Morgan fingerprint density at radius 1 is 0.969 bits per heavy atom. The maximum absolute atomic E-state index is 13.8. The molecule has 0 aliphatic heterocycles. The van der Waals surface area contributed by atoms with Crippen molar-refractivity contribution in [3.63, 3.8) is 0 Å². The SMILES string of the molecule is Cc1ccccc1[C@@H](C(=O)NC1CCCCC1)N(C(=O)c1ccccn1)c1cccnc1. The highest BCUT2D eigenvalue weighted by molar-refractivity contribution is 6.09. The molecule has 6 heteroatoms. The highest BCUT2D eigenvalue weighted by Crippen LogP contribution is 2.31. The lowest BCUT2D eigenvalue weighted by atomic mass is 9.93. The van der Waals surface area contributed by atoms with Gasteiger partial charge in [-0.1, -0.05) is 49.6 Å². The standard InChI is InChI=1S/C26H28N4O2/c1-19-10-5-6-14-22(19)24(25(31)29-20-11-3-2-4-12-20)30(21-13-9-16-27-18-21)26(32)23-15-7-8-17-28-23/h5-10,13-18,20,24H,2-4,11-12H2,1H3,(H,29,31)/t24-/m0/s1. The molecule has 0 bridgehead atoms. The third-order valence-electron chi connectivity index (χ3n) is 5.97. The molecule has 0 unspecified atom stereocenters. The first-order chi connectivity index (χ1) is 15.6. The number of benzene rings is 1. The Balaban J connectivity index is 1.80. The summed E-state index contributed by atoms with van der Waals surface area (Å²) in [4.78, 5) is 37.5. The fraction of sp³-hybridized carbons (Fsp3) is 0.308. The molecular formula is C26H28N4O2. The number of anilines is 1. The molecule has 4 rings (SSSR count). The largest absolute Gasteiger partial charge is 0.351 e. The molecule has 1 aromatic carbocycles. The van der Waals surface area contributed by atoms with Crippen molar-refractivity contribution in [2.24, 2.45) is 0 Å². The van der Waals surface area contributed by atoms with E-state index in [1.54, 1.807) is 48.9 Å². The van der Waals surface area contributed by atoms with Crippen LogP contribution in [0.2, 0.25) is 0 Å².